The number of anilines is 1. The minimum Gasteiger partial charge on any atom is -0.383 e. The van der Waals surface area contributed by atoms with Crippen molar-refractivity contribution in [3.8, 4) is 11.3 Å². The van der Waals surface area contributed by atoms with Gasteiger partial charge in [0.25, 0.3) is 0 Å². The summed E-state index contributed by atoms with van der Waals surface area (Å²) in [6.07, 6.45) is 4.15. The van der Waals surface area contributed by atoms with Crippen LogP contribution < -0.4 is 5.32 Å². The van der Waals surface area contributed by atoms with Gasteiger partial charge in [-0.15, -0.1) is 0 Å². The van der Waals surface area contributed by atoms with E-state index in [2.05, 4.69) is 68.9 Å². The first-order chi connectivity index (χ1) is 13.9. The summed E-state index contributed by atoms with van der Waals surface area (Å²) in [5.74, 6) is 1.28. The third kappa shape index (κ3) is 4.01. The maximum Gasteiger partial charge on any atom is 0.135 e. The molecule has 0 spiro atoms. The Hall–Kier alpha value is -2.40. The maximum atomic E-state index is 5.46. The standard InChI is InChI=1S/C24H34N4O/c1-8-17-12-21-22(16(5)13-28(21)18(9-2)14-29-7)27-23(17)19-10-11-20(15(3)4)26-24(19)25-6/h10-13,15,18H,8-9,14H2,1-7H3,(H,25,26)/t18-/m1/s1. The highest BCUT2D eigenvalue weighted by atomic mass is 16.5. The van der Waals surface area contributed by atoms with Crippen LogP contribution in [-0.4, -0.2) is 35.3 Å². The molecule has 1 atom stereocenters. The van der Waals surface area contributed by atoms with Gasteiger partial charge in [0.05, 0.1) is 29.4 Å². The Morgan fingerprint density at radius 3 is 2.52 bits per heavy atom. The molecule has 3 aromatic heterocycles. The molecule has 0 aliphatic heterocycles. The summed E-state index contributed by atoms with van der Waals surface area (Å²) in [6.45, 7) is 11.6. The largest absolute Gasteiger partial charge is 0.383 e. The van der Waals surface area contributed by atoms with Crippen LogP contribution in [0.3, 0.4) is 0 Å². The van der Waals surface area contributed by atoms with Crippen molar-refractivity contribution in [2.24, 2.45) is 0 Å². The van der Waals surface area contributed by atoms with Crippen LogP contribution in [0.15, 0.2) is 24.4 Å². The summed E-state index contributed by atoms with van der Waals surface area (Å²) in [5.41, 5.74) is 7.84. The van der Waals surface area contributed by atoms with Gasteiger partial charge in [0.15, 0.2) is 0 Å². The number of rotatable bonds is 8. The van der Waals surface area contributed by atoms with Crippen molar-refractivity contribution in [3.63, 3.8) is 0 Å². The topological polar surface area (TPSA) is 52.0 Å². The molecule has 0 saturated heterocycles. The molecule has 3 rings (SSSR count). The third-order valence-corrected chi connectivity index (χ3v) is 5.67. The van der Waals surface area contributed by atoms with Crippen molar-refractivity contribution >= 4 is 16.9 Å². The molecule has 0 saturated carbocycles. The Morgan fingerprint density at radius 2 is 1.93 bits per heavy atom. The van der Waals surface area contributed by atoms with Crippen molar-refractivity contribution in [1.82, 2.24) is 14.5 Å². The van der Waals surface area contributed by atoms with E-state index in [1.54, 1.807) is 7.11 Å². The summed E-state index contributed by atoms with van der Waals surface area (Å²) >= 11 is 0. The zero-order valence-electron chi connectivity index (χ0n) is 18.8. The van der Waals surface area contributed by atoms with Gasteiger partial charge in [-0.05, 0) is 55.0 Å². The molecule has 0 bridgehead atoms. The zero-order valence-corrected chi connectivity index (χ0v) is 18.8. The lowest BCUT2D eigenvalue weighted by Gasteiger charge is -2.19. The van der Waals surface area contributed by atoms with Crippen LogP contribution >= 0.6 is 0 Å². The van der Waals surface area contributed by atoms with Gasteiger partial charge in [-0.1, -0.05) is 27.7 Å². The average Bonchev–Trinajstić information content (AvgIpc) is 3.05. The second-order valence-electron chi connectivity index (χ2n) is 7.99. The van der Waals surface area contributed by atoms with Gasteiger partial charge in [0.2, 0.25) is 0 Å². The minimum absolute atomic E-state index is 0.313. The number of methoxy groups -OCH3 is 1. The number of hydrogen-bond acceptors (Lipinski definition) is 4. The number of fused-ring (bicyclic) bond motifs is 1. The van der Waals surface area contributed by atoms with Crippen LogP contribution in [0.5, 0.6) is 0 Å². The van der Waals surface area contributed by atoms with Gasteiger partial charge in [0, 0.05) is 31.6 Å². The first-order valence-corrected chi connectivity index (χ1v) is 10.6. The number of ether oxygens (including phenoxy) is 1. The van der Waals surface area contributed by atoms with E-state index in [1.165, 1.54) is 16.6 Å². The number of nitrogens with zero attached hydrogens (tertiary/aromatic N) is 3. The SMILES string of the molecule is CCc1cc2c(nc1-c1ccc(C(C)C)nc1NC)c(C)cn2[C@H](CC)COC. The molecule has 3 heterocycles. The molecule has 1 N–H and O–H groups in total. The summed E-state index contributed by atoms with van der Waals surface area (Å²) in [5, 5.41) is 3.28. The zero-order chi connectivity index (χ0) is 21.1. The molecule has 156 valence electrons. The fourth-order valence-corrected chi connectivity index (χ4v) is 3.94. The number of pyridine rings is 2. The lowest BCUT2D eigenvalue weighted by Crippen LogP contribution is -2.13. The first kappa shape index (κ1) is 21.3. The van der Waals surface area contributed by atoms with Gasteiger partial charge < -0.3 is 14.6 Å². The lowest BCUT2D eigenvalue weighted by molar-refractivity contribution is 0.155. The monoisotopic (exact) mass is 394 g/mol. The van der Waals surface area contributed by atoms with E-state index >= 15 is 0 Å². The molecule has 0 radical (unpaired) electrons. The summed E-state index contributed by atoms with van der Waals surface area (Å²) in [6, 6.07) is 6.90. The average molecular weight is 395 g/mol. The Bertz CT molecular complexity index is 990. The summed E-state index contributed by atoms with van der Waals surface area (Å²) in [4.78, 5) is 10.00. The Morgan fingerprint density at radius 1 is 1.17 bits per heavy atom. The minimum atomic E-state index is 0.313. The molecule has 5 heteroatoms. The maximum absolute atomic E-state index is 5.46. The molecule has 0 fully saturated rings. The Balaban J connectivity index is 2.21. The van der Waals surface area contributed by atoms with Crippen molar-refractivity contribution in [3.05, 3.63) is 41.2 Å². The number of nitrogens with one attached hydrogen (secondary N) is 1. The third-order valence-electron chi connectivity index (χ3n) is 5.67. The summed E-state index contributed by atoms with van der Waals surface area (Å²) in [7, 11) is 3.69. The van der Waals surface area contributed by atoms with E-state index in [9.17, 15) is 0 Å². The molecule has 0 aliphatic carbocycles. The van der Waals surface area contributed by atoms with Crippen molar-refractivity contribution < 1.29 is 4.74 Å². The second kappa shape index (κ2) is 8.95. The fraction of sp³-hybridized carbons (Fsp3) is 0.500. The molecular weight excluding hydrogens is 360 g/mol. The number of aromatic nitrogens is 3. The van der Waals surface area contributed by atoms with E-state index in [4.69, 9.17) is 14.7 Å². The second-order valence-corrected chi connectivity index (χ2v) is 7.99. The van der Waals surface area contributed by atoms with Crippen LogP contribution in [0, 0.1) is 6.92 Å². The fourth-order valence-electron chi connectivity index (χ4n) is 3.94. The van der Waals surface area contributed by atoms with Crippen LogP contribution in [-0.2, 0) is 11.2 Å². The van der Waals surface area contributed by atoms with Crippen LogP contribution in [0.1, 0.15) is 62.9 Å². The molecule has 0 aliphatic rings. The molecule has 0 unspecified atom stereocenters. The first-order valence-electron chi connectivity index (χ1n) is 10.6. The molecule has 0 aromatic carbocycles. The van der Waals surface area contributed by atoms with Crippen LogP contribution in [0.4, 0.5) is 5.82 Å². The van der Waals surface area contributed by atoms with Gasteiger partial charge in [-0.2, -0.15) is 0 Å². The van der Waals surface area contributed by atoms with Gasteiger partial charge in [-0.3, -0.25) is 0 Å². The highest BCUT2D eigenvalue weighted by Crippen LogP contribution is 2.34. The van der Waals surface area contributed by atoms with Crippen molar-refractivity contribution in [2.75, 3.05) is 26.1 Å². The predicted octanol–water partition coefficient (Wildman–Crippen LogP) is 5.73. The number of hydrogen-bond donors (Lipinski definition) is 1. The van der Waals surface area contributed by atoms with Crippen molar-refractivity contribution in [2.45, 2.75) is 59.4 Å². The van der Waals surface area contributed by atoms with Gasteiger partial charge in [0.1, 0.15) is 5.82 Å². The number of aryl methyl sites for hydroxylation is 2. The quantitative estimate of drug-likeness (QED) is 0.530. The van der Waals surface area contributed by atoms with Crippen molar-refractivity contribution in [1.29, 1.82) is 0 Å². The molecule has 29 heavy (non-hydrogen) atoms. The molecule has 3 aromatic rings. The van der Waals surface area contributed by atoms with Crippen LogP contribution in [0.25, 0.3) is 22.3 Å². The molecule has 0 amide bonds. The Labute approximate surface area is 174 Å². The smallest absolute Gasteiger partial charge is 0.135 e. The summed E-state index contributed by atoms with van der Waals surface area (Å²) < 4.78 is 7.80. The highest BCUT2D eigenvalue weighted by molar-refractivity contribution is 5.86. The normalized spacial score (nSPS) is 12.7. The Kier molecular flexibility index (Phi) is 6.58. The van der Waals surface area contributed by atoms with Crippen LogP contribution in [0.2, 0.25) is 0 Å². The van der Waals surface area contributed by atoms with E-state index in [0.717, 1.165) is 41.1 Å². The molecular formula is C24H34N4O. The highest BCUT2D eigenvalue weighted by Gasteiger charge is 2.19. The van der Waals surface area contributed by atoms with E-state index in [1.807, 2.05) is 7.05 Å². The predicted molar refractivity (Wildman–Crippen MR) is 122 cm³/mol. The van der Waals surface area contributed by atoms with E-state index < -0.39 is 0 Å². The molecule has 5 nitrogen and oxygen atoms in total. The van der Waals surface area contributed by atoms with Gasteiger partial charge in [-0.25, -0.2) is 9.97 Å². The van der Waals surface area contributed by atoms with E-state index in [0.29, 0.717) is 18.6 Å². The van der Waals surface area contributed by atoms with Gasteiger partial charge >= 0.3 is 0 Å². The van der Waals surface area contributed by atoms with E-state index in [-0.39, 0.29) is 0 Å². The lowest BCUT2D eigenvalue weighted by atomic mass is 10.0.